The van der Waals surface area contributed by atoms with Gasteiger partial charge in [-0.3, -0.25) is 4.40 Å². The van der Waals surface area contributed by atoms with E-state index in [1.165, 1.54) is 12.1 Å². The number of halogens is 2. The summed E-state index contributed by atoms with van der Waals surface area (Å²) in [6.45, 7) is 0.250. The van der Waals surface area contributed by atoms with E-state index in [4.69, 9.17) is 4.74 Å². The lowest BCUT2D eigenvalue weighted by Gasteiger charge is -2.01. The van der Waals surface area contributed by atoms with Crippen molar-refractivity contribution < 1.29 is 9.13 Å². The zero-order chi connectivity index (χ0) is 13.2. The van der Waals surface area contributed by atoms with Crippen LogP contribution in [0.15, 0.2) is 41.4 Å². The Morgan fingerprint density at radius 1 is 1.21 bits per heavy atom. The first-order valence-corrected chi connectivity index (χ1v) is 6.23. The molecule has 0 fully saturated rings. The summed E-state index contributed by atoms with van der Waals surface area (Å²) in [6.07, 6.45) is 6.46. The molecule has 0 saturated carbocycles. The number of pyridine rings is 1. The Morgan fingerprint density at radius 2 is 2.11 bits per heavy atom. The van der Waals surface area contributed by atoms with Crippen molar-refractivity contribution in [2.45, 2.75) is 6.61 Å². The van der Waals surface area contributed by atoms with E-state index < -0.39 is 5.82 Å². The zero-order valence-electron chi connectivity index (χ0n) is 9.62. The molecule has 96 valence electrons. The fraction of sp³-hybridized carbons (Fsp3) is 0.0833. The zero-order valence-corrected chi connectivity index (χ0v) is 11.2. The number of hydrogen-bond donors (Lipinski definition) is 0. The average Bonchev–Trinajstić information content (AvgIpc) is 2.80. The maximum atomic E-state index is 12.7. The van der Waals surface area contributed by atoms with Crippen LogP contribution >= 0.6 is 15.9 Å². The monoisotopic (exact) mass is 322 g/mol. The van der Waals surface area contributed by atoms with Crippen molar-refractivity contribution in [2.75, 3.05) is 0 Å². The second kappa shape index (κ2) is 4.93. The van der Waals surface area contributed by atoms with Gasteiger partial charge in [0.2, 0.25) is 11.7 Å². The molecular formula is C12H8BrFN4O. The van der Waals surface area contributed by atoms with E-state index >= 15 is 0 Å². The highest BCUT2D eigenvalue weighted by Gasteiger charge is 2.04. The van der Waals surface area contributed by atoms with Crippen molar-refractivity contribution in [3.63, 3.8) is 0 Å². The number of fused-ring (bicyclic) bond motifs is 1. The van der Waals surface area contributed by atoms with E-state index in [0.29, 0.717) is 11.7 Å². The normalized spacial score (nSPS) is 10.8. The first-order chi connectivity index (χ1) is 9.20. The molecule has 3 rings (SSSR count). The summed E-state index contributed by atoms with van der Waals surface area (Å²) in [5, 5.41) is 0. The predicted molar refractivity (Wildman–Crippen MR) is 69.2 cm³/mol. The minimum atomic E-state index is -0.394. The molecule has 0 amide bonds. The van der Waals surface area contributed by atoms with Crippen molar-refractivity contribution >= 4 is 21.7 Å². The molecule has 0 spiro atoms. The molecule has 0 bridgehead atoms. The maximum Gasteiger partial charge on any atom is 0.234 e. The Bertz CT molecular complexity index is 713. The van der Waals surface area contributed by atoms with Crippen LogP contribution in [-0.2, 0) is 6.61 Å². The largest absolute Gasteiger partial charge is 0.471 e. The summed E-state index contributed by atoms with van der Waals surface area (Å²) < 4.78 is 20.8. The third kappa shape index (κ3) is 2.70. The topological polar surface area (TPSA) is 52.3 Å². The average molecular weight is 323 g/mol. The van der Waals surface area contributed by atoms with E-state index in [1.807, 2.05) is 12.4 Å². The van der Waals surface area contributed by atoms with Crippen LogP contribution in [0.25, 0.3) is 5.78 Å². The first kappa shape index (κ1) is 12.0. The summed E-state index contributed by atoms with van der Waals surface area (Å²) in [6, 6.07) is 2.77. The van der Waals surface area contributed by atoms with Crippen LogP contribution in [0, 0.1) is 5.82 Å². The molecule has 0 unspecified atom stereocenters. The molecule has 0 N–H and O–H groups in total. The molecule has 3 aromatic rings. The smallest absolute Gasteiger partial charge is 0.234 e. The van der Waals surface area contributed by atoms with Crippen LogP contribution in [0.1, 0.15) is 5.69 Å². The van der Waals surface area contributed by atoms with Gasteiger partial charge in [0.05, 0.1) is 16.4 Å². The van der Waals surface area contributed by atoms with Crippen molar-refractivity contribution in [3.05, 3.63) is 52.9 Å². The van der Waals surface area contributed by atoms with Crippen molar-refractivity contribution in [3.8, 4) is 5.88 Å². The second-order valence-electron chi connectivity index (χ2n) is 3.82. The molecule has 19 heavy (non-hydrogen) atoms. The predicted octanol–water partition coefficient (Wildman–Crippen LogP) is 2.60. The molecule has 0 atom stereocenters. The number of nitrogens with zero attached hydrogens (tertiary/aromatic N) is 4. The van der Waals surface area contributed by atoms with Gasteiger partial charge < -0.3 is 4.74 Å². The maximum absolute atomic E-state index is 12.7. The Labute approximate surface area is 116 Å². The first-order valence-electron chi connectivity index (χ1n) is 5.44. The summed E-state index contributed by atoms with van der Waals surface area (Å²) in [5.74, 6) is 0.551. The Morgan fingerprint density at radius 3 is 2.89 bits per heavy atom. The van der Waals surface area contributed by atoms with E-state index in [2.05, 4.69) is 30.9 Å². The number of imidazole rings is 1. The van der Waals surface area contributed by atoms with Crippen LogP contribution in [0.3, 0.4) is 0 Å². The number of hydrogen-bond acceptors (Lipinski definition) is 4. The van der Waals surface area contributed by atoms with E-state index in [0.717, 1.165) is 16.4 Å². The Kier molecular flexibility index (Phi) is 3.12. The van der Waals surface area contributed by atoms with Gasteiger partial charge in [-0.15, -0.1) is 0 Å². The minimum Gasteiger partial charge on any atom is -0.471 e. The lowest BCUT2D eigenvalue weighted by atomic mass is 10.4. The third-order valence-corrected chi connectivity index (χ3v) is 2.81. The van der Waals surface area contributed by atoms with Crippen LogP contribution in [0.2, 0.25) is 0 Å². The second-order valence-corrected chi connectivity index (χ2v) is 4.73. The van der Waals surface area contributed by atoms with Gasteiger partial charge in [-0.05, 0) is 22.0 Å². The number of aromatic nitrogens is 4. The third-order valence-electron chi connectivity index (χ3n) is 2.40. The van der Waals surface area contributed by atoms with Gasteiger partial charge in [0, 0.05) is 24.7 Å². The number of ether oxygens (including phenoxy) is 1. The van der Waals surface area contributed by atoms with Gasteiger partial charge in [-0.2, -0.15) is 0 Å². The highest BCUT2D eigenvalue weighted by molar-refractivity contribution is 9.10. The lowest BCUT2D eigenvalue weighted by molar-refractivity contribution is 0.289. The molecule has 0 aliphatic carbocycles. The SMILES string of the molecule is Fc1ccc(OCc2cn3cc(Br)cnc3n2)nc1. The summed E-state index contributed by atoms with van der Waals surface area (Å²) in [4.78, 5) is 12.2. The van der Waals surface area contributed by atoms with Crippen molar-refractivity contribution in [1.29, 1.82) is 0 Å². The summed E-state index contributed by atoms with van der Waals surface area (Å²) in [5.41, 5.74) is 0.719. The molecule has 3 heterocycles. The van der Waals surface area contributed by atoms with Crippen molar-refractivity contribution in [2.24, 2.45) is 0 Å². The van der Waals surface area contributed by atoms with Gasteiger partial charge in [-0.1, -0.05) is 0 Å². The number of rotatable bonds is 3. The van der Waals surface area contributed by atoms with Gasteiger partial charge in [0.25, 0.3) is 0 Å². The van der Waals surface area contributed by atoms with Gasteiger partial charge in [0.15, 0.2) is 0 Å². The molecule has 5 nitrogen and oxygen atoms in total. The highest BCUT2D eigenvalue weighted by Crippen LogP contribution is 2.12. The minimum absolute atomic E-state index is 0.250. The van der Waals surface area contributed by atoms with Crippen LogP contribution in [-0.4, -0.2) is 19.4 Å². The van der Waals surface area contributed by atoms with Gasteiger partial charge >= 0.3 is 0 Å². The van der Waals surface area contributed by atoms with E-state index in [9.17, 15) is 4.39 Å². The quantitative estimate of drug-likeness (QED) is 0.743. The highest BCUT2D eigenvalue weighted by atomic mass is 79.9. The summed E-state index contributed by atoms with van der Waals surface area (Å²) >= 11 is 3.34. The molecular weight excluding hydrogens is 315 g/mol. The molecule has 3 aromatic heterocycles. The molecule has 7 heteroatoms. The molecule has 0 aromatic carbocycles. The van der Waals surface area contributed by atoms with Crippen LogP contribution in [0.4, 0.5) is 4.39 Å². The Hall–Kier alpha value is -2.02. The van der Waals surface area contributed by atoms with Crippen LogP contribution < -0.4 is 4.74 Å². The summed E-state index contributed by atoms with van der Waals surface area (Å²) in [7, 11) is 0. The van der Waals surface area contributed by atoms with Crippen LogP contribution in [0.5, 0.6) is 5.88 Å². The van der Waals surface area contributed by atoms with E-state index in [1.54, 1.807) is 10.6 Å². The Balaban J connectivity index is 1.76. The van der Waals surface area contributed by atoms with Crippen molar-refractivity contribution in [1.82, 2.24) is 19.4 Å². The van der Waals surface area contributed by atoms with Gasteiger partial charge in [0.1, 0.15) is 12.4 Å². The molecule has 0 aliphatic rings. The molecule has 0 radical (unpaired) electrons. The van der Waals surface area contributed by atoms with E-state index in [-0.39, 0.29) is 6.61 Å². The standard InChI is InChI=1S/C12H8BrFN4O/c13-8-3-16-12-17-10(6-18(12)5-8)7-19-11-2-1-9(14)4-15-11/h1-6H,7H2. The lowest BCUT2D eigenvalue weighted by Crippen LogP contribution is -1.97. The molecule has 0 saturated heterocycles. The molecule has 0 aliphatic heterocycles. The fourth-order valence-electron chi connectivity index (χ4n) is 1.57. The van der Waals surface area contributed by atoms with Gasteiger partial charge in [-0.25, -0.2) is 19.3 Å². The fourth-order valence-corrected chi connectivity index (χ4v) is 1.90.